The Morgan fingerprint density at radius 3 is 3.00 bits per heavy atom. The van der Waals surface area contributed by atoms with Gasteiger partial charge >= 0.3 is 0 Å². The van der Waals surface area contributed by atoms with Crippen molar-refractivity contribution in [3.05, 3.63) is 28.8 Å². The van der Waals surface area contributed by atoms with E-state index in [1.807, 2.05) is 12.1 Å². The molecule has 1 amide bonds. The molecule has 0 spiro atoms. The molecule has 0 aliphatic carbocycles. The van der Waals surface area contributed by atoms with E-state index in [0.29, 0.717) is 16.6 Å². The molecule has 2 unspecified atom stereocenters. The number of carbonyl (C=O) groups excluding carboxylic acids is 1. The van der Waals surface area contributed by atoms with Crippen LogP contribution in [0.15, 0.2) is 18.2 Å². The number of anilines is 1. The molecule has 2 atom stereocenters. The Balaban J connectivity index is 2.23. The van der Waals surface area contributed by atoms with Crippen LogP contribution in [0.2, 0.25) is 5.02 Å². The zero-order valence-electron chi connectivity index (χ0n) is 10.4. The third kappa shape index (κ3) is 2.76. The van der Waals surface area contributed by atoms with E-state index in [1.165, 1.54) is 0 Å². The SMILES string of the molecule is CC1NCCCC1Nc1cccc(Cl)c1C(N)=O. The van der Waals surface area contributed by atoms with Gasteiger partial charge in [-0.05, 0) is 38.4 Å². The quantitative estimate of drug-likeness (QED) is 0.785. The Kier molecular flexibility index (Phi) is 4.09. The lowest BCUT2D eigenvalue weighted by Gasteiger charge is -2.32. The fourth-order valence-corrected chi connectivity index (χ4v) is 2.60. The van der Waals surface area contributed by atoms with Crippen molar-refractivity contribution in [3.63, 3.8) is 0 Å². The number of benzene rings is 1. The van der Waals surface area contributed by atoms with Crippen LogP contribution in [0, 0.1) is 0 Å². The van der Waals surface area contributed by atoms with Crippen LogP contribution < -0.4 is 16.4 Å². The number of nitrogens with one attached hydrogen (secondary N) is 2. The first-order chi connectivity index (χ1) is 8.59. The second-order valence-corrected chi connectivity index (χ2v) is 5.07. The van der Waals surface area contributed by atoms with Crippen molar-refractivity contribution in [2.45, 2.75) is 31.8 Å². The third-order valence-corrected chi connectivity index (χ3v) is 3.68. The third-order valence-electron chi connectivity index (χ3n) is 3.36. The van der Waals surface area contributed by atoms with Crippen LogP contribution in [-0.4, -0.2) is 24.5 Å². The summed E-state index contributed by atoms with van der Waals surface area (Å²) in [6.45, 7) is 3.17. The van der Waals surface area contributed by atoms with Gasteiger partial charge in [0.05, 0.1) is 10.6 Å². The van der Waals surface area contributed by atoms with Crippen molar-refractivity contribution >= 4 is 23.2 Å². The van der Waals surface area contributed by atoms with Crippen LogP contribution in [0.5, 0.6) is 0 Å². The summed E-state index contributed by atoms with van der Waals surface area (Å²) >= 11 is 6.02. The van der Waals surface area contributed by atoms with Gasteiger partial charge in [-0.25, -0.2) is 0 Å². The molecule has 18 heavy (non-hydrogen) atoms. The van der Waals surface area contributed by atoms with Crippen LogP contribution >= 0.6 is 11.6 Å². The number of amides is 1. The Labute approximate surface area is 112 Å². The number of primary amides is 1. The van der Waals surface area contributed by atoms with Crippen molar-refractivity contribution in [3.8, 4) is 0 Å². The van der Waals surface area contributed by atoms with Gasteiger partial charge in [-0.15, -0.1) is 0 Å². The highest BCUT2D eigenvalue weighted by molar-refractivity contribution is 6.34. The van der Waals surface area contributed by atoms with E-state index in [0.717, 1.165) is 25.1 Å². The molecule has 1 fully saturated rings. The van der Waals surface area contributed by atoms with Gasteiger partial charge < -0.3 is 16.4 Å². The maximum absolute atomic E-state index is 11.4. The van der Waals surface area contributed by atoms with Crippen LogP contribution in [0.3, 0.4) is 0 Å². The highest BCUT2D eigenvalue weighted by atomic mass is 35.5. The molecule has 5 heteroatoms. The number of piperidine rings is 1. The smallest absolute Gasteiger partial charge is 0.252 e. The van der Waals surface area contributed by atoms with E-state index >= 15 is 0 Å². The number of halogens is 1. The van der Waals surface area contributed by atoms with Gasteiger partial charge in [0.1, 0.15) is 0 Å². The number of hydrogen-bond donors (Lipinski definition) is 3. The summed E-state index contributed by atoms with van der Waals surface area (Å²) in [5.74, 6) is -0.500. The Morgan fingerprint density at radius 1 is 1.56 bits per heavy atom. The van der Waals surface area contributed by atoms with Gasteiger partial charge in [0, 0.05) is 17.8 Å². The standard InChI is InChI=1S/C13H18ClN3O/c1-8-10(6-3-7-16-8)17-11-5-2-4-9(14)12(11)13(15)18/h2,4-5,8,10,16-17H,3,6-7H2,1H3,(H2,15,18). The molecule has 1 aliphatic rings. The highest BCUT2D eigenvalue weighted by Crippen LogP contribution is 2.26. The molecule has 1 aromatic rings. The molecule has 1 heterocycles. The Morgan fingerprint density at radius 2 is 2.33 bits per heavy atom. The monoisotopic (exact) mass is 267 g/mol. The first-order valence-electron chi connectivity index (χ1n) is 6.18. The van der Waals surface area contributed by atoms with E-state index in [1.54, 1.807) is 6.07 Å². The molecule has 1 aliphatic heterocycles. The summed E-state index contributed by atoms with van der Waals surface area (Å²) in [4.78, 5) is 11.4. The molecular formula is C13H18ClN3O. The number of carbonyl (C=O) groups is 1. The fraction of sp³-hybridized carbons (Fsp3) is 0.462. The number of hydrogen-bond acceptors (Lipinski definition) is 3. The van der Waals surface area contributed by atoms with Gasteiger partial charge in [0.15, 0.2) is 0 Å². The summed E-state index contributed by atoms with van der Waals surface area (Å²) in [5, 5.41) is 7.17. The minimum absolute atomic E-state index is 0.287. The lowest BCUT2D eigenvalue weighted by Crippen LogP contribution is -2.46. The first kappa shape index (κ1) is 13.2. The predicted molar refractivity (Wildman–Crippen MR) is 74.1 cm³/mol. The van der Waals surface area contributed by atoms with Gasteiger partial charge in [0.25, 0.3) is 5.91 Å². The molecule has 0 bridgehead atoms. The second kappa shape index (κ2) is 5.59. The first-order valence-corrected chi connectivity index (χ1v) is 6.55. The molecular weight excluding hydrogens is 250 g/mol. The molecule has 1 saturated heterocycles. The highest BCUT2D eigenvalue weighted by Gasteiger charge is 2.22. The minimum Gasteiger partial charge on any atom is -0.380 e. The summed E-state index contributed by atoms with van der Waals surface area (Å²) < 4.78 is 0. The summed E-state index contributed by atoms with van der Waals surface area (Å²) in [6.07, 6.45) is 2.19. The van der Waals surface area contributed by atoms with Gasteiger partial charge in [-0.3, -0.25) is 4.79 Å². The van der Waals surface area contributed by atoms with Crippen LogP contribution in [0.25, 0.3) is 0 Å². The average molecular weight is 268 g/mol. The van der Waals surface area contributed by atoms with Gasteiger partial charge in [-0.2, -0.15) is 0 Å². The van der Waals surface area contributed by atoms with Crippen LogP contribution in [0.4, 0.5) is 5.69 Å². The minimum atomic E-state index is -0.500. The molecule has 98 valence electrons. The lowest BCUT2D eigenvalue weighted by molar-refractivity contribution is 0.100. The topological polar surface area (TPSA) is 67.2 Å². The fourth-order valence-electron chi connectivity index (χ4n) is 2.34. The van der Waals surface area contributed by atoms with Crippen molar-refractivity contribution in [1.82, 2.24) is 5.32 Å². The van der Waals surface area contributed by atoms with E-state index in [9.17, 15) is 4.79 Å². The largest absolute Gasteiger partial charge is 0.380 e. The number of nitrogens with two attached hydrogens (primary N) is 1. The molecule has 4 nitrogen and oxygen atoms in total. The normalized spacial score (nSPS) is 23.7. The van der Waals surface area contributed by atoms with E-state index in [4.69, 9.17) is 17.3 Å². The van der Waals surface area contributed by atoms with Gasteiger partial charge in [0.2, 0.25) is 0 Å². The number of rotatable bonds is 3. The second-order valence-electron chi connectivity index (χ2n) is 4.66. The predicted octanol–water partition coefficient (Wildman–Crippen LogP) is 1.99. The van der Waals surface area contributed by atoms with Crippen molar-refractivity contribution in [2.24, 2.45) is 5.73 Å². The van der Waals surface area contributed by atoms with Crippen LogP contribution in [0.1, 0.15) is 30.1 Å². The summed E-state index contributed by atoms with van der Waals surface area (Å²) in [7, 11) is 0. The molecule has 0 saturated carbocycles. The van der Waals surface area contributed by atoms with Crippen molar-refractivity contribution in [2.75, 3.05) is 11.9 Å². The van der Waals surface area contributed by atoms with Crippen molar-refractivity contribution in [1.29, 1.82) is 0 Å². The van der Waals surface area contributed by atoms with E-state index in [-0.39, 0.29) is 6.04 Å². The maximum Gasteiger partial charge on any atom is 0.252 e. The molecule has 0 aromatic heterocycles. The van der Waals surface area contributed by atoms with Crippen molar-refractivity contribution < 1.29 is 4.79 Å². The summed E-state index contributed by atoms with van der Waals surface area (Å²) in [5.41, 5.74) is 6.47. The maximum atomic E-state index is 11.4. The van der Waals surface area contributed by atoms with Gasteiger partial charge in [-0.1, -0.05) is 17.7 Å². The zero-order valence-corrected chi connectivity index (χ0v) is 11.1. The van der Waals surface area contributed by atoms with E-state index < -0.39 is 5.91 Å². The Bertz CT molecular complexity index is 450. The average Bonchev–Trinajstić information content (AvgIpc) is 2.31. The Hall–Kier alpha value is -1.26. The lowest BCUT2D eigenvalue weighted by atomic mass is 9.99. The van der Waals surface area contributed by atoms with E-state index in [2.05, 4.69) is 17.6 Å². The molecule has 2 rings (SSSR count). The van der Waals surface area contributed by atoms with Crippen LogP contribution in [-0.2, 0) is 0 Å². The molecule has 1 aromatic carbocycles. The molecule has 0 radical (unpaired) electrons. The zero-order chi connectivity index (χ0) is 13.1. The summed E-state index contributed by atoms with van der Waals surface area (Å²) in [6, 6.07) is 5.98. The molecule has 4 N–H and O–H groups in total.